The van der Waals surface area contributed by atoms with Gasteiger partial charge in [-0.2, -0.15) is 0 Å². The highest BCUT2D eigenvalue weighted by atomic mass is 16.2. The third-order valence-corrected chi connectivity index (χ3v) is 5.52. The van der Waals surface area contributed by atoms with Gasteiger partial charge in [-0.05, 0) is 42.8 Å². The molecule has 4 rings (SSSR count). The zero-order valence-corrected chi connectivity index (χ0v) is 17.7. The molecule has 3 aromatic rings. The van der Waals surface area contributed by atoms with Crippen molar-refractivity contribution in [1.29, 1.82) is 0 Å². The van der Waals surface area contributed by atoms with Crippen LogP contribution in [0.15, 0.2) is 53.5 Å². The Morgan fingerprint density at radius 3 is 2.55 bits per heavy atom. The number of nitrogens with two attached hydrogens (primary N) is 1. The van der Waals surface area contributed by atoms with Crippen molar-refractivity contribution in [2.45, 2.75) is 6.92 Å². The molecule has 0 bridgehead atoms. The van der Waals surface area contributed by atoms with Gasteiger partial charge in [-0.15, -0.1) is 0 Å². The minimum atomic E-state index is -0.244. The number of nitrogens with zero attached hydrogens (tertiary/aromatic N) is 3. The second-order valence-electron chi connectivity index (χ2n) is 7.66. The molecule has 1 saturated heterocycles. The van der Waals surface area contributed by atoms with E-state index in [2.05, 4.69) is 15.6 Å². The van der Waals surface area contributed by atoms with Crippen LogP contribution < -0.4 is 21.9 Å². The molecule has 0 atom stereocenters. The van der Waals surface area contributed by atoms with E-state index in [1.165, 1.54) is 4.57 Å². The summed E-state index contributed by atoms with van der Waals surface area (Å²) in [5, 5.41) is 6.33. The van der Waals surface area contributed by atoms with Gasteiger partial charge in [0.25, 0.3) is 11.5 Å². The van der Waals surface area contributed by atoms with Crippen LogP contribution in [0.3, 0.4) is 0 Å². The van der Waals surface area contributed by atoms with E-state index in [9.17, 15) is 9.59 Å². The normalized spacial score (nSPS) is 13.8. The Labute approximate surface area is 180 Å². The molecule has 1 aliphatic rings. The maximum atomic E-state index is 12.6. The zero-order chi connectivity index (χ0) is 22.0. The van der Waals surface area contributed by atoms with Gasteiger partial charge in [0.05, 0.1) is 5.69 Å². The molecule has 31 heavy (non-hydrogen) atoms. The van der Waals surface area contributed by atoms with E-state index in [4.69, 9.17) is 5.73 Å². The van der Waals surface area contributed by atoms with E-state index < -0.39 is 0 Å². The molecule has 2 aromatic carbocycles. The number of carbonyl (C=O) groups excluding carboxylic acids is 1. The van der Waals surface area contributed by atoms with Crippen molar-refractivity contribution in [3.63, 3.8) is 0 Å². The monoisotopic (exact) mass is 418 g/mol. The summed E-state index contributed by atoms with van der Waals surface area (Å²) in [5.74, 6) is 0.226. The standard InChI is InChI=1S/C23H26N6O2/c1-15-18(4-3-5-19(15)24)20-14-28(2)23(31)21(27-20)26-17-8-6-16(7-9-17)22(30)29-12-10-25-11-13-29/h3-9,14,25H,10-13,24H2,1-2H3,(H,26,27). The molecule has 1 aromatic heterocycles. The predicted molar refractivity (Wildman–Crippen MR) is 123 cm³/mol. The number of piperazine rings is 1. The molecule has 0 spiro atoms. The number of aryl methyl sites for hydroxylation is 1. The number of nitrogens with one attached hydrogen (secondary N) is 2. The lowest BCUT2D eigenvalue weighted by atomic mass is 10.0. The molecule has 8 nitrogen and oxygen atoms in total. The number of aromatic nitrogens is 2. The molecule has 0 saturated carbocycles. The zero-order valence-electron chi connectivity index (χ0n) is 17.7. The Kier molecular flexibility index (Phi) is 5.73. The molecule has 1 aliphatic heterocycles. The minimum absolute atomic E-state index is 0.0150. The SMILES string of the molecule is Cc1c(N)cccc1-c1cn(C)c(=O)c(Nc2ccc(C(=O)N3CCNCC3)cc2)n1. The maximum Gasteiger partial charge on any atom is 0.293 e. The molecule has 8 heteroatoms. The Morgan fingerprint density at radius 2 is 1.84 bits per heavy atom. The summed E-state index contributed by atoms with van der Waals surface area (Å²) in [7, 11) is 1.69. The van der Waals surface area contributed by atoms with Crippen molar-refractivity contribution in [3.8, 4) is 11.3 Å². The van der Waals surface area contributed by atoms with Gasteiger partial charge in [-0.1, -0.05) is 12.1 Å². The number of anilines is 3. The van der Waals surface area contributed by atoms with Gasteiger partial charge < -0.3 is 25.8 Å². The van der Waals surface area contributed by atoms with Gasteiger partial charge in [-0.3, -0.25) is 9.59 Å². The van der Waals surface area contributed by atoms with Crippen LogP contribution >= 0.6 is 0 Å². The number of rotatable bonds is 4. The summed E-state index contributed by atoms with van der Waals surface area (Å²) >= 11 is 0. The fraction of sp³-hybridized carbons (Fsp3) is 0.261. The maximum absolute atomic E-state index is 12.6. The molecule has 0 aliphatic carbocycles. The van der Waals surface area contributed by atoms with Crippen LogP contribution in [0.1, 0.15) is 15.9 Å². The van der Waals surface area contributed by atoms with Crippen LogP contribution in [0.4, 0.5) is 17.2 Å². The fourth-order valence-electron chi connectivity index (χ4n) is 3.63. The van der Waals surface area contributed by atoms with Crippen molar-refractivity contribution in [2.75, 3.05) is 37.2 Å². The highest BCUT2D eigenvalue weighted by molar-refractivity contribution is 5.94. The first-order chi connectivity index (χ1) is 14.9. The number of carbonyl (C=O) groups is 1. The van der Waals surface area contributed by atoms with E-state index in [0.29, 0.717) is 35.7 Å². The number of hydrogen-bond donors (Lipinski definition) is 3. The predicted octanol–water partition coefficient (Wildman–Crippen LogP) is 2.13. The first kappa shape index (κ1) is 20.6. The first-order valence-electron chi connectivity index (χ1n) is 10.2. The molecule has 2 heterocycles. The van der Waals surface area contributed by atoms with Crippen molar-refractivity contribution in [3.05, 3.63) is 70.1 Å². The lowest BCUT2D eigenvalue weighted by Gasteiger charge is -2.27. The molecule has 0 radical (unpaired) electrons. The van der Waals surface area contributed by atoms with Crippen LogP contribution in [-0.2, 0) is 7.05 Å². The second-order valence-corrected chi connectivity index (χ2v) is 7.66. The lowest BCUT2D eigenvalue weighted by molar-refractivity contribution is 0.0736. The van der Waals surface area contributed by atoms with Gasteiger partial charge in [0.1, 0.15) is 0 Å². The molecule has 0 unspecified atom stereocenters. The summed E-state index contributed by atoms with van der Waals surface area (Å²) in [5.41, 5.74) is 10.2. The average molecular weight is 419 g/mol. The van der Waals surface area contributed by atoms with Crippen LogP contribution in [0.25, 0.3) is 11.3 Å². The van der Waals surface area contributed by atoms with E-state index in [-0.39, 0.29) is 17.3 Å². The van der Waals surface area contributed by atoms with Crippen molar-refractivity contribution >= 4 is 23.1 Å². The Balaban J connectivity index is 1.59. The van der Waals surface area contributed by atoms with Crippen molar-refractivity contribution in [2.24, 2.45) is 7.05 Å². The lowest BCUT2D eigenvalue weighted by Crippen LogP contribution is -2.46. The highest BCUT2D eigenvalue weighted by Gasteiger charge is 2.18. The molecule has 1 amide bonds. The van der Waals surface area contributed by atoms with Gasteiger partial charge in [0.15, 0.2) is 5.82 Å². The van der Waals surface area contributed by atoms with Crippen molar-refractivity contribution in [1.82, 2.24) is 19.8 Å². The third kappa shape index (κ3) is 4.29. The molecule has 1 fully saturated rings. The average Bonchev–Trinajstić information content (AvgIpc) is 2.79. The molecule has 4 N–H and O–H groups in total. The summed E-state index contributed by atoms with van der Waals surface area (Å²) in [6.45, 7) is 4.95. The topological polar surface area (TPSA) is 105 Å². The van der Waals surface area contributed by atoms with Crippen LogP contribution in [0, 0.1) is 6.92 Å². The third-order valence-electron chi connectivity index (χ3n) is 5.52. The quantitative estimate of drug-likeness (QED) is 0.561. The number of hydrogen-bond acceptors (Lipinski definition) is 6. The van der Waals surface area contributed by atoms with Crippen molar-refractivity contribution < 1.29 is 4.79 Å². The van der Waals surface area contributed by atoms with Gasteiger partial charge in [-0.25, -0.2) is 4.98 Å². The highest BCUT2D eigenvalue weighted by Crippen LogP contribution is 2.26. The van der Waals surface area contributed by atoms with E-state index in [0.717, 1.165) is 24.2 Å². The van der Waals surface area contributed by atoms with Crippen LogP contribution in [0.5, 0.6) is 0 Å². The largest absolute Gasteiger partial charge is 0.398 e. The number of benzene rings is 2. The summed E-state index contributed by atoms with van der Waals surface area (Å²) in [4.78, 5) is 31.7. The van der Waals surface area contributed by atoms with E-state index >= 15 is 0 Å². The van der Waals surface area contributed by atoms with E-state index in [1.54, 1.807) is 37.5 Å². The summed E-state index contributed by atoms with van der Waals surface area (Å²) in [6.07, 6.45) is 1.70. The van der Waals surface area contributed by atoms with Gasteiger partial charge in [0, 0.05) is 61.9 Å². The second kappa shape index (κ2) is 8.61. The Morgan fingerprint density at radius 1 is 1.13 bits per heavy atom. The van der Waals surface area contributed by atoms with Crippen LogP contribution in [-0.4, -0.2) is 46.5 Å². The smallest absolute Gasteiger partial charge is 0.293 e. The van der Waals surface area contributed by atoms with Crippen LogP contribution in [0.2, 0.25) is 0 Å². The first-order valence-corrected chi connectivity index (χ1v) is 10.2. The molecular weight excluding hydrogens is 392 g/mol. The van der Waals surface area contributed by atoms with Gasteiger partial charge >= 0.3 is 0 Å². The van der Waals surface area contributed by atoms with Gasteiger partial charge in [0.2, 0.25) is 0 Å². The molecule has 160 valence electrons. The van der Waals surface area contributed by atoms with E-state index in [1.807, 2.05) is 30.0 Å². The Bertz CT molecular complexity index is 1160. The number of nitrogen functional groups attached to an aromatic ring is 1. The minimum Gasteiger partial charge on any atom is -0.398 e. The fourth-order valence-corrected chi connectivity index (χ4v) is 3.63. The Hall–Kier alpha value is -3.65. The number of amides is 1. The summed E-state index contributed by atoms with van der Waals surface area (Å²) < 4.78 is 1.50. The summed E-state index contributed by atoms with van der Waals surface area (Å²) in [6, 6.07) is 12.7. The molecular formula is C23H26N6O2.